The Balaban J connectivity index is 1.72. The Morgan fingerprint density at radius 2 is 1.78 bits per heavy atom. The molecule has 0 atom stereocenters. The van der Waals surface area contributed by atoms with Gasteiger partial charge in [0.15, 0.2) is 0 Å². The number of benzene rings is 2. The summed E-state index contributed by atoms with van der Waals surface area (Å²) in [7, 11) is 0. The van der Waals surface area contributed by atoms with Crippen LogP contribution in [-0.2, 0) is 0 Å². The predicted octanol–water partition coefficient (Wildman–Crippen LogP) is 4.56. The van der Waals surface area contributed by atoms with Crippen molar-refractivity contribution < 1.29 is 0 Å². The molecule has 1 fully saturated rings. The Hall–Kier alpha value is -2.62. The van der Waals surface area contributed by atoms with Crippen molar-refractivity contribution in [1.29, 1.82) is 0 Å². The zero-order chi connectivity index (χ0) is 15.8. The minimum absolute atomic E-state index is 0.558. The van der Waals surface area contributed by atoms with Gasteiger partial charge in [-0.3, -0.25) is 0 Å². The van der Waals surface area contributed by atoms with E-state index in [1.54, 1.807) is 0 Å². The van der Waals surface area contributed by atoms with Crippen molar-refractivity contribution in [2.45, 2.75) is 32.7 Å². The van der Waals surface area contributed by atoms with Crippen LogP contribution in [0.15, 0.2) is 42.5 Å². The zero-order valence-electron chi connectivity index (χ0n) is 13.4. The summed E-state index contributed by atoms with van der Waals surface area (Å²) in [5.41, 5.74) is 4.51. The van der Waals surface area contributed by atoms with Gasteiger partial charge in [0, 0.05) is 17.1 Å². The van der Waals surface area contributed by atoms with Crippen LogP contribution in [-0.4, -0.2) is 16.0 Å². The second kappa shape index (κ2) is 5.54. The van der Waals surface area contributed by atoms with Crippen LogP contribution in [0.3, 0.4) is 0 Å². The van der Waals surface area contributed by atoms with Crippen molar-refractivity contribution in [1.82, 2.24) is 9.97 Å². The molecule has 4 rings (SSSR count). The highest BCUT2D eigenvalue weighted by molar-refractivity contribution is 5.90. The second-order valence-electron chi connectivity index (χ2n) is 6.26. The van der Waals surface area contributed by atoms with E-state index in [1.807, 2.05) is 18.2 Å². The van der Waals surface area contributed by atoms with E-state index in [4.69, 9.17) is 4.98 Å². The van der Waals surface area contributed by atoms with Crippen molar-refractivity contribution in [2.75, 3.05) is 10.6 Å². The van der Waals surface area contributed by atoms with Gasteiger partial charge < -0.3 is 10.6 Å². The number of rotatable bonds is 4. The number of aryl methyl sites for hydroxylation is 2. The number of anilines is 3. The van der Waals surface area contributed by atoms with Crippen LogP contribution >= 0.6 is 0 Å². The molecule has 1 saturated carbocycles. The molecule has 0 radical (unpaired) electrons. The molecule has 1 aromatic heterocycles. The Kier molecular flexibility index (Phi) is 3.37. The van der Waals surface area contributed by atoms with E-state index in [1.165, 1.54) is 24.0 Å². The largest absolute Gasteiger partial charge is 0.367 e. The lowest BCUT2D eigenvalue weighted by Crippen LogP contribution is -2.07. The molecule has 2 aromatic carbocycles. The van der Waals surface area contributed by atoms with Crippen LogP contribution in [0, 0.1) is 13.8 Å². The highest BCUT2D eigenvalue weighted by atomic mass is 15.2. The number of hydrogen-bond donors (Lipinski definition) is 2. The van der Waals surface area contributed by atoms with Gasteiger partial charge in [-0.2, -0.15) is 4.98 Å². The average molecular weight is 304 g/mol. The smallest absolute Gasteiger partial charge is 0.229 e. The quantitative estimate of drug-likeness (QED) is 0.741. The van der Waals surface area contributed by atoms with Gasteiger partial charge in [-0.25, -0.2) is 4.98 Å². The fourth-order valence-corrected chi connectivity index (χ4v) is 2.61. The molecule has 2 N–H and O–H groups in total. The third kappa shape index (κ3) is 2.97. The standard InChI is InChI=1S/C19H20N4/c1-12-7-8-15(11-13(12)2)21-19-22-17-6-4-3-5-16(17)18(23-19)20-14-9-10-14/h3-8,11,14H,9-10H2,1-2H3,(H2,20,21,22,23). The van der Waals surface area contributed by atoms with Crippen LogP contribution in [0.4, 0.5) is 17.5 Å². The molecule has 0 spiro atoms. The van der Waals surface area contributed by atoms with E-state index in [9.17, 15) is 0 Å². The SMILES string of the molecule is Cc1ccc(Nc2nc(NC3CC3)c3ccccc3n2)cc1C. The predicted molar refractivity (Wildman–Crippen MR) is 95.4 cm³/mol. The van der Waals surface area contributed by atoms with E-state index in [0.29, 0.717) is 12.0 Å². The molecule has 4 nitrogen and oxygen atoms in total. The summed E-state index contributed by atoms with van der Waals surface area (Å²) in [5, 5.41) is 7.92. The average Bonchev–Trinajstić information content (AvgIpc) is 3.35. The van der Waals surface area contributed by atoms with Crippen LogP contribution in [0.2, 0.25) is 0 Å². The Morgan fingerprint density at radius 3 is 2.57 bits per heavy atom. The first kappa shape index (κ1) is 14.0. The molecule has 0 bridgehead atoms. The molecule has 4 heteroatoms. The maximum Gasteiger partial charge on any atom is 0.229 e. The lowest BCUT2D eigenvalue weighted by molar-refractivity contribution is 1.10. The number of aromatic nitrogens is 2. The van der Waals surface area contributed by atoms with E-state index >= 15 is 0 Å². The van der Waals surface area contributed by atoms with Gasteiger partial charge in [-0.15, -0.1) is 0 Å². The molecule has 116 valence electrons. The summed E-state index contributed by atoms with van der Waals surface area (Å²) < 4.78 is 0. The summed E-state index contributed by atoms with van der Waals surface area (Å²) >= 11 is 0. The maximum absolute atomic E-state index is 4.70. The molecule has 0 aliphatic heterocycles. The first-order valence-corrected chi connectivity index (χ1v) is 8.06. The molecule has 23 heavy (non-hydrogen) atoms. The molecule has 1 aliphatic carbocycles. The molecular weight excluding hydrogens is 284 g/mol. The van der Waals surface area contributed by atoms with Gasteiger partial charge in [0.25, 0.3) is 0 Å². The maximum atomic E-state index is 4.70. The molecule has 0 unspecified atom stereocenters. The first-order chi connectivity index (χ1) is 11.2. The van der Waals surface area contributed by atoms with Crippen molar-refractivity contribution >= 4 is 28.4 Å². The van der Waals surface area contributed by atoms with Crippen LogP contribution < -0.4 is 10.6 Å². The molecule has 0 amide bonds. The minimum Gasteiger partial charge on any atom is -0.367 e. The van der Waals surface area contributed by atoms with E-state index in [0.717, 1.165) is 22.4 Å². The van der Waals surface area contributed by atoms with Gasteiger partial charge in [0.1, 0.15) is 5.82 Å². The number of hydrogen-bond acceptors (Lipinski definition) is 4. The molecule has 1 heterocycles. The summed E-state index contributed by atoms with van der Waals surface area (Å²) in [6.45, 7) is 4.23. The fourth-order valence-electron chi connectivity index (χ4n) is 2.61. The molecular formula is C19H20N4. The number of nitrogens with zero attached hydrogens (tertiary/aromatic N) is 2. The Labute approximate surface area is 136 Å². The van der Waals surface area contributed by atoms with Crippen LogP contribution in [0.5, 0.6) is 0 Å². The lowest BCUT2D eigenvalue weighted by Gasteiger charge is -2.12. The number of para-hydroxylation sites is 1. The van der Waals surface area contributed by atoms with Crippen molar-refractivity contribution in [2.24, 2.45) is 0 Å². The van der Waals surface area contributed by atoms with Gasteiger partial charge >= 0.3 is 0 Å². The van der Waals surface area contributed by atoms with Gasteiger partial charge in [-0.05, 0) is 62.1 Å². The topological polar surface area (TPSA) is 49.8 Å². The normalized spacial score (nSPS) is 14.0. The number of fused-ring (bicyclic) bond motifs is 1. The highest BCUT2D eigenvalue weighted by Gasteiger charge is 2.22. The second-order valence-corrected chi connectivity index (χ2v) is 6.26. The first-order valence-electron chi connectivity index (χ1n) is 8.06. The summed E-state index contributed by atoms with van der Waals surface area (Å²) in [5.74, 6) is 1.56. The fraction of sp³-hybridized carbons (Fsp3) is 0.263. The van der Waals surface area contributed by atoms with Crippen LogP contribution in [0.25, 0.3) is 10.9 Å². The highest BCUT2D eigenvalue weighted by Crippen LogP contribution is 2.29. The molecule has 1 aliphatic rings. The third-order valence-electron chi connectivity index (χ3n) is 4.28. The monoisotopic (exact) mass is 304 g/mol. The third-order valence-corrected chi connectivity index (χ3v) is 4.28. The zero-order valence-corrected chi connectivity index (χ0v) is 13.4. The van der Waals surface area contributed by atoms with Gasteiger partial charge in [0.05, 0.1) is 5.52 Å². The van der Waals surface area contributed by atoms with Gasteiger partial charge in [-0.1, -0.05) is 18.2 Å². The van der Waals surface area contributed by atoms with E-state index < -0.39 is 0 Å². The van der Waals surface area contributed by atoms with Crippen molar-refractivity contribution in [3.63, 3.8) is 0 Å². The molecule has 0 saturated heterocycles. The molecule has 3 aromatic rings. The Bertz CT molecular complexity index is 868. The Morgan fingerprint density at radius 1 is 0.957 bits per heavy atom. The van der Waals surface area contributed by atoms with E-state index in [2.05, 4.69) is 53.7 Å². The summed E-state index contributed by atoms with van der Waals surface area (Å²) in [6, 6.07) is 15.0. The number of nitrogens with one attached hydrogen (secondary N) is 2. The van der Waals surface area contributed by atoms with Crippen LogP contribution in [0.1, 0.15) is 24.0 Å². The van der Waals surface area contributed by atoms with Crippen molar-refractivity contribution in [3.05, 3.63) is 53.6 Å². The summed E-state index contributed by atoms with van der Waals surface area (Å²) in [4.78, 5) is 9.34. The minimum atomic E-state index is 0.558. The summed E-state index contributed by atoms with van der Waals surface area (Å²) in [6.07, 6.45) is 2.44. The van der Waals surface area contributed by atoms with E-state index in [-0.39, 0.29) is 0 Å². The van der Waals surface area contributed by atoms with Crippen molar-refractivity contribution in [3.8, 4) is 0 Å². The lowest BCUT2D eigenvalue weighted by atomic mass is 10.1. The van der Waals surface area contributed by atoms with Gasteiger partial charge in [0.2, 0.25) is 5.95 Å².